The fourth-order valence-electron chi connectivity index (χ4n) is 2.69. The van der Waals surface area contributed by atoms with Gasteiger partial charge in [-0.05, 0) is 19.8 Å². The maximum Gasteiger partial charge on any atom is 0.246 e. The van der Waals surface area contributed by atoms with E-state index in [0.29, 0.717) is 24.5 Å². The normalized spacial score (nSPS) is 23.7. The molecule has 2 amide bonds. The molecule has 0 saturated carbocycles. The Labute approximate surface area is 105 Å². The molecule has 2 aliphatic rings. The number of fused-ring (bicyclic) bond motifs is 1. The minimum Gasteiger partial charge on any atom is -0.361 e. The van der Waals surface area contributed by atoms with E-state index in [1.54, 1.807) is 22.8 Å². The number of nitrogens with zero attached hydrogens (tertiary/aromatic N) is 3. The summed E-state index contributed by atoms with van der Waals surface area (Å²) in [7, 11) is 0. The lowest BCUT2D eigenvalue weighted by Crippen LogP contribution is -2.56. The van der Waals surface area contributed by atoms with E-state index < -0.39 is 0 Å². The molecule has 1 aromatic rings. The highest BCUT2D eigenvalue weighted by molar-refractivity contribution is 5.95. The van der Waals surface area contributed by atoms with Crippen LogP contribution < -0.4 is 0 Å². The van der Waals surface area contributed by atoms with E-state index in [0.717, 1.165) is 12.8 Å². The van der Waals surface area contributed by atoms with E-state index in [2.05, 4.69) is 5.16 Å². The number of carbonyl (C=O) groups is 2. The third kappa shape index (κ3) is 1.77. The lowest BCUT2D eigenvalue weighted by atomic mass is 10.1. The van der Waals surface area contributed by atoms with E-state index in [1.807, 2.05) is 0 Å². The zero-order valence-corrected chi connectivity index (χ0v) is 10.3. The van der Waals surface area contributed by atoms with Gasteiger partial charge in [-0.1, -0.05) is 5.16 Å². The molecule has 2 fully saturated rings. The fraction of sp³-hybridized carbons (Fsp3) is 0.583. The predicted molar refractivity (Wildman–Crippen MR) is 61.4 cm³/mol. The first-order valence-electron chi connectivity index (χ1n) is 6.15. The quantitative estimate of drug-likeness (QED) is 0.757. The predicted octanol–water partition coefficient (Wildman–Crippen LogP) is 0.316. The van der Waals surface area contributed by atoms with Crippen LogP contribution in [0.5, 0.6) is 0 Å². The maximum atomic E-state index is 12.2. The molecule has 0 N–H and O–H groups in total. The van der Waals surface area contributed by atoms with Crippen molar-refractivity contribution in [2.45, 2.75) is 32.4 Å². The molecule has 0 aliphatic carbocycles. The molecule has 2 aliphatic heterocycles. The standard InChI is InChI=1S/C12H15N3O3/c1-8-5-9(13-18-8)6-14-7-11(16)15-4-2-3-10(15)12(14)17/h5,10H,2-4,6-7H2,1H3. The Kier molecular flexibility index (Phi) is 2.57. The van der Waals surface area contributed by atoms with Gasteiger partial charge in [0.1, 0.15) is 24.0 Å². The molecule has 3 rings (SSSR count). The number of amides is 2. The van der Waals surface area contributed by atoms with Crippen LogP contribution in [0.25, 0.3) is 0 Å². The monoisotopic (exact) mass is 249 g/mol. The summed E-state index contributed by atoms with van der Waals surface area (Å²) in [5, 5.41) is 3.86. The highest BCUT2D eigenvalue weighted by Crippen LogP contribution is 2.24. The van der Waals surface area contributed by atoms with Gasteiger partial charge in [0.15, 0.2) is 0 Å². The number of rotatable bonds is 2. The van der Waals surface area contributed by atoms with Gasteiger partial charge in [-0.2, -0.15) is 0 Å². The number of piperazine rings is 1. The van der Waals surface area contributed by atoms with Gasteiger partial charge in [0, 0.05) is 12.6 Å². The molecule has 96 valence electrons. The van der Waals surface area contributed by atoms with Crippen molar-refractivity contribution < 1.29 is 14.1 Å². The first-order valence-corrected chi connectivity index (χ1v) is 6.15. The SMILES string of the molecule is Cc1cc(CN2CC(=O)N3CCCC3C2=O)no1. The molecule has 6 nitrogen and oxygen atoms in total. The van der Waals surface area contributed by atoms with Gasteiger partial charge in [-0.3, -0.25) is 9.59 Å². The molecule has 2 saturated heterocycles. The molecular weight excluding hydrogens is 234 g/mol. The van der Waals surface area contributed by atoms with Crippen LogP contribution in [0.1, 0.15) is 24.3 Å². The number of carbonyl (C=O) groups excluding carboxylic acids is 2. The molecule has 0 spiro atoms. The third-order valence-corrected chi connectivity index (χ3v) is 3.53. The number of hydrogen-bond acceptors (Lipinski definition) is 4. The molecule has 18 heavy (non-hydrogen) atoms. The summed E-state index contributed by atoms with van der Waals surface area (Å²) >= 11 is 0. The highest BCUT2D eigenvalue weighted by Gasteiger charge is 2.41. The second-order valence-electron chi connectivity index (χ2n) is 4.87. The van der Waals surface area contributed by atoms with E-state index >= 15 is 0 Å². The van der Waals surface area contributed by atoms with Crippen molar-refractivity contribution in [3.05, 3.63) is 17.5 Å². The number of aryl methyl sites for hydroxylation is 1. The lowest BCUT2D eigenvalue weighted by molar-refractivity contribution is -0.154. The van der Waals surface area contributed by atoms with Crippen LogP contribution in [0, 0.1) is 6.92 Å². The largest absolute Gasteiger partial charge is 0.361 e. The zero-order valence-electron chi connectivity index (χ0n) is 10.3. The van der Waals surface area contributed by atoms with E-state index in [9.17, 15) is 9.59 Å². The fourth-order valence-corrected chi connectivity index (χ4v) is 2.69. The van der Waals surface area contributed by atoms with Crippen LogP contribution in [0.2, 0.25) is 0 Å². The molecular formula is C12H15N3O3. The molecule has 3 heterocycles. The van der Waals surface area contributed by atoms with Gasteiger partial charge in [0.2, 0.25) is 11.8 Å². The van der Waals surface area contributed by atoms with Crippen LogP contribution in [-0.4, -0.2) is 45.9 Å². The van der Waals surface area contributed by atoms with Crippen molar-refractivity contribution in [3.63, 3.8) is 0 Å². The Morgan fingerprint density at radius 1 is 1.50 bits per heavy atom. The van der Waals surface area contributed by atoms with Crippen LogP contribution in [0.4, 0.5) is 0 Å². The summed E-state index contributed by atoms with van der Waals surface area (Å²) in [4.78, 5) is 27.4. The Morgan fingerprint density at radius 2 is 2.33 bits per heavy atom. The van der Waals surface area contributed by atoms with Crippen molar-refractivity contribution in [1.29, 1.82) is 0 Å². The van der Waals surface area contributed by atoms with E-state index in [-0.39, 0.29) is 24.4 Å². The third-order valence-electron chi connectivity index (χ3n) is 3.53. The summed E-state index contributed by atoms with van der Waals surface area (Å²) in [6, 6.07) is 1.54. The smallest absolute Gasteiger partial charge is 0.246 e. The minimum atomic E-state index is -0.251. The first kappa shape index (κ1) is 11.3. The Balaban J connectivity index is 1.76. The van der Waals surface area contributed by atoms with E-state index in [4.69, 9.17) is 4.52 Å². The zero-order chi connectivity index (χ0) is 12.7. The maximum absolute atomic E-state index is 12.2. The van der Waals surface area contributed by atoms with Crippen LogP contribution >= 0.6 is 0 Å². The second kappa shape index (κ2) is 4.12. The van der Waals surface area contributed by atoms with Crippen LogP contribution in [-0.2, 0) is 16.1 Å². The summed E-state index contributed by atoms with van der Waals surface area (Å²) in [6.45, 7) is 3.03. The second-order valence-corrected chi connectivity index (χ2v) is 4.87. The van der Waals surface area contributed by atoms with Crippen LogP contribution in [0.15, 0.2) is 10.6 Å². The Hall–Kier alpha value is -1.85. The molecule has 6 heteroatoms. The van der Waals surface area contributed by atoms with Gasteiger partial charge in [-0.25, -0.2) is 0 Å². The number of aromatic nitrogens is 1. The van der Waals surface area contributed by atoms with Gasteiger partial charge in [-0.15, -0.1) is 0 Å². The summed E-state index contributed by atoms with van der Waals surface area (Å²) in [5.74, 6) is 0.786. The van der Waals surface area contributed by atoms with Crippen molar-refractivity contribution in [2.24, 2.45) is 0 Å². The average molecular weight is 249 g/mol. The average Bonchev–Trinajstić information content (AvgIpc) is 2.95. The molecule has 1 atom stereocenters. The van der Waals surface area contributed by atoms with E-state index in [1.165, 1.54) is 0 Å². The Bertz CT molecular complexity index is 497. The van der Waals surface area contributed by atoms with Gasteiger partial charge in [0.25, 0.3) is 0 Å². The summed E-state index contributed by atoms with van der Waals surface area (Å²) < 4.78 is 4.97. The highest BCUT2D eigenvalue weighted by atomic mass is 16.5. The molecule has 0 bridgehead atoms. The van der Waals surface area contributed by atoms with Crippen LogP contribution in [0.3, 0.4) is 0 Å². The summed E-state index contributed by atoms with van der Waals surface area (Å²) in [6.07, 6.45) is 1.69. The van der Waals surface area contributed by atoms with Crippen molar-refractivity contribution >= 4 is 11.8 Å². The Morgan fingerprint density at radius 3 is 3.06 bits per heavy atom. The van der Waals surface area contributed by atoms with Gasteiger partial charge < -0.3 is 14.3 Å². The number of hydrogen-bond donors (Lipinski definition) is 0. The lowest BCUT2D eigenvalue weighted by Gasteiger charge is -2.35. The summed E-state index contributed by atoms with van der Waals surface area (Å²) in [5.41, 5.74) is 0.695. The molecule has 0 radical (unpaired) electrons. The molecule has 1 aromatic heterocycles. The molecule has 0 aromatic carbocycles. The minimum absolute atomic E-state index is 0.0350. The van der Waals surface area contributed by atoms with Crippen molar-refractivity contribution in [1.82, 2.24) is 15.0 Å². The van der Waals surface area contributed by atoms with Crippen molar-refractivity contribution in [2.75, 3.05) is 13.1 Å². The topological polar surface area (TPSA) is 66.7 Å². The van der Waals surface area contributed by atoms with Gasteiger partial charge >= 0.3 is 0 Å². The van der Waals surface area contributed by atoms with Crippen molar-refractivity contribution in [3.8, 4) is 0 Å². The first-order chi connectivity index (χ1) is 8.65. The van der Waals surface area contributed by atoms with Gasteiger partial charge in [0.05, 0.1) is 6.54 Å². The molecule has 1 unspecified atom stereocenters.